The molecule has 2 amide bonds. The second-order valence-corrected chi connectivity index (χ2v) is 5.31. The van der Waals surface area contributed by atoms with Crippen molar-refractivity contribution in [1.29, 1.82) is 0 Å². The molecule has 0 bridgehead atoms. The fourth-order valence-electron chi connectivity index (χ4n) is 1.93. The van der Waals surface area contributed by atoms with Gasteiger partial charge in [0.2, 0.25) is 11.8 Å². The van der Waals surface area contributed by atoms with Crippen LogP contribution < -0.4 is 11.1 Å². The van der Waals surface area contributed by atoms with E-state index in [1.165, 1.54) is 4.90 Å². The SMILES string of the molecule is CSCC[C@H](N)C(=O)N1CCNC(=O)C1CC(=O)O. The summed E-state index contributed by atoms with van der Waals surface area (Å²) in [6, 6.07) is -1.64. The zero-order valence-corrected chi connectivity index (χ0v) is 11.6. The Morgan fingerprint density at radius 2 is 2.32 bits per heavy atom. The van der Waals surface area contributed by atoms with Gasteiger partial charge in [-0.05, 0) is 18.4 Å². The summed E-state index contributed by atoms with van der Waals surface area (Å²) in [5, 5.41) is 11.4. The zero-order chi connectivity index (χ0) is 14.4. The monoisotopic (exact) mass is 289 g/mol. The first-order valence-corrected chi connectivity index (χ1v) is 7.41. The lowest BCUT2D eigenvalue weighted by molar-refractivity contribution is -0.149. The summed E-state index contributed by atoms with van der Waals surface area (Å²) < 4.78 is 0. The number of carboxylic acids is 1. The largest absolute Gasteiger partial charge is 0.481 e. The van der Waals surface area contributed by atoms with Crippen LogP contribution in [0.5, 0.6) is 0 Å². The van der Waals surface area contributed by atoms with Crippen LogP contribution in [0.25, 0.3) is 0 Å². The Kier molecular flexibility index (Phi) is 6.10. The molecule has 1 fully saturated rings. The maximum Gasteiger partial charge on any atom is 0.305 e. The lowest BCUT2D eigenvalue weighted by atomic mass is 10.1. The number of hydrogen-bond donors (Lipinski definition) is 3. The fourth-order valence-corrected chi connectivity index (χ4v) is 2.42. The standard InChI is InChI=1S/C11H19N3O4S/c1-19-5-2-7(12)11(18)14-4-3-13-10(17)8(14)6-9(15)16/h7-8H,2-6,12H2,1H3,(H,13,17)(H,15,16)/t7-,8?/m0/s1. The minimum Gasteiger partial charge on any atom is -0.481 e. The van der Waals surface area contributed by atoms with E-state index in [-0.39, 0.29) is 5.91 Å². The molecule has 2 atom stereocenters. The highest BCUT2D eigenvalue weighted by Crippen LogP contribution is 2.12. The van der Waals surface area contributed by atoms with E-state index in [1.807, 2.05) is 6.26 Å². The molecule has 1 unspecified atom stereocenters. The number of carbonyl (C=O) groups is 3. The van der Waals surface area contributed by atoms with E-state index in [0.717, 1.165) is 5.75 Å². The van der Waals surface area contributed by atoms with E-state index >= 15 is 0 Å². The van der Waals surface area contributed by atoms with Gasteiger partial charge in [0.15, 0.2) is 0 Å². The first-order chi connectivity index (χ1) is 8.97. The smallest absolute Gasteiger partial charge is 0.305 e. The van der Waals surface area contributed by atoms with Gasteiger partial charge in [0, 0.05) is 13.1 Å². The predicted octanol–water partition coefficient (Wildman–Crippen LogP) is -1.13. The van der Waals surface area contributed by atoms with Crippen LogP contribution in [0.15, 0.2) is 0 Å². The number of amides is 2. The molecule has 8 heteroatoms. The van der Waals surface area contributed by atoms with Gasteiger partial charge in [-0.2, -0.15) is 11.8 Å². The van der Waals surface area contributed by atoms with E-state index in [2.05, 4.69) is 5.32 Å². The highest BCUT2D eigenvalue weighted by Gasteiger charge is 2.36. The van der Waals surface area contributed by atoms with Gasteiger partial charge in [-0.3, -0.25) is 14.4 Å². The molecule has 0 spiro atoms. The minimum atomic E-state index is -1.11. The van der Waals surface area contributed by atoms with E-state index in [9.17, 15) is 14.4 Å². The van der Waals surface area contributed by atoms with Gasteiger partial charge in [-0.25, -0.2) is 0 Å². The third-order valence-corrected chi connectivity index (χ3v) is 3.58. The Morgan fingerprint density at radius 3 is 2.89 bits per heavy atom. The molecule has 1 aliphatic rings. The van der Waals surface area contributed by atoms with Crippen molar-refractivity contribution in [3.05, 3.63) is 0 Å². The number of rotatable bonds is 6. The van der Waals surface area contributed by atoms with Gasteiger partial charge in [0.1, 0.15) is 6.04 Å². The number of nitrogens with two attached hydrogens (primary N) is 1. The van der Waals surface area contributed by atoms with Crippen LogP contribution in [0, 0.1) is 0 Å². The minimum absolute atomic E-state index is 0.301. The van der Waals surface area contributed by atoms with Crippen molar-refractivity contribution < 1.29 is 19.5 Å². The number of nitrogens with zero attached hydrogens (tertiary/aromatic N) is 1. The highest BCUT2D eigenvalue weighted by atomic mass is 32.2. The average molecular weight is 289 g/mol. The number of nitrogens with one attached hydrogen (secondary N) is 1. The van der Waals surface area contributed by atoms with Crippen LogP contribution in [0.1, 0.15) is 12.8 Å². The van der Waals surface area contributed by atoms with Crippen molar-refractivity contribution in [2.45, 2.75) is 24.9 Å². The number of thioether (sulfide) groups is 1. The lowest BCUT2D eigenvalue weighted by Gasteiger charge is -2.35. The first kappa shape index (κ1) is 15.8. The first-order valence-electron chi connectivity index (χ1n) is 6.02. The van der Waals surface area contributed by atoms with E-state index < -0.39 is 30.4 Å². The molecule has 7 nitrogen and oxygen atoms in total. The Bertz CT molecular complexity index is 364. The maximum absolute atomic E-state index is 12.2. The van der Waals surface area contributed by atoms with E-state index in [4.69, 9.17) is 10.8 Å². The van der Waals surface area contributed by atoms with Gasteiger partial charge in [0.25, 0.3) is 0 Å². The molecule has 0 aromatic carbocycles. The number of piperazine rings is 1. The van der Waals surface area contributed by atoms with Crippen LogP contribution in [-0.2, 0) is 14.4 Å². The van der Waals surface area contributed by atoms with E-state index in [1.54, 1.807) is 11.8 Å². The lowest BCUT2D eigenvalue weighted by Crippen LogP contribution is -2.60. The van der Waals surface area contributed by atoms with Gasteiger partial charge in [-0.15, -0.1) is 0 Å². The third kappa shape index (κ3) is 4.39. The van der Waals surface area contributed by atoms with Crippen LogP contribution in [0.3, 0.4) is 0 Å². The summed E-state index contributed by atoms with van der Waals surface area (Å²) in [4.78, 5) is 35.9. The molecule has 0 radical (unpaired) electrons. The molecular formula is C11H19N3O4S. The Balaban J connectivity index is 2.73. The van der Waals surface area contributed by atoms with Crippen molar-refractivity contribution in [3.8, 4) is 0 Å². The Hall–Kier alpha value is -1.28. The third-order valence-electron chi connectivity index (χ3n) is 2.93. The number of aliphatic carboxylic acids is 1. The summed E-state index contributed by atoms with van der Waals surface area (Å²) in [6.07, 6.45) is 2.03. The summed E-state index contributed by atoms with van der Waals surface area (Å²) in [5.41, 5.74) is 5.79. The second-order valence-electron chi connectivity index (χ2n) is 4.32. The highest BCUT2D eigenvalue weighted by molar-refractivity contribution is 7.98. The molecular weight excluding hydrogens is 270 g/mol. The summed E-state index contributed by atoms with van der Waals surface area (Å²) >= 11 is 1.58. The maximum atomic E-state index is 12.2. The van der Waals surface area contributed by atoms with Crippen LogP contribution in [-0.4, -0.2) is 65.0 Å². The molecule has 0 aromatic heterocycles. The molecule has 0 aromatic rings. The normalized spacial score (nSPS) is 20.8. The van der Waals surface area contributed by atoms with Crippen molar-refractivity contribution in [2.75, 3.05) is 25.1 Å². The molecule has 0 saturated carbocycles. The molecule has 19 heavy (non-hydrogen) atoms. The van der Waals surface area contributed by atoms with Crippen molar-refractivity contribution >= 4 is 29.5 Å². The van der Waals surface area contributed by atoms with Crippen LogP contribution >= 0.6 is 11.8 Å². The van der Waals surface area contributed by atoms with Crippen molar-refractivity contribution in [1.82, 2.24) is 10.2 Å². The summed E-state index contributed by atoms with van der Waals surface area (Å²) in [5.74, 6) is -1.15. The second kappa shape index (κ2) is 7.34. The average Bonchev–Trinajstić information content (AvgIpc) is 2.37. The molecule has 1 rings (SSSR count). The van der Waals surface area contributed by atoms with Crippen LogP contribution in [0.4, 0.5) is 0 Å². The molecule has 1 heterocycles. The number of hydrogen-bond acceptors (Lipinski definition) is 5. The van der Waals surface area contributed by atoms with Gasteiger partial charge >= 0.3 is 5.97 Å². The topological polar surface area (TPSA) is 113 Å². The zero-order valence-electron chi connectivity index (χ0n) is 10.8. The van der Waals surface area contributed by atoms with Gasteiger partial charge in [-0.1, -0.05) is 0 Å². The molecule has 4 N–H and O–H groups in total. The number of carboxylic acid groups (broad SMARTS) is 1. The Labute approximate surface area is 115 Å². The van der Waals surface area contributed by atoms with Crippen molar-refractivity contribution in [3.63, 3.8) is 0 Å². The fraction of sp³-hybridized carbons (Fsp3) is 0.727. The summed E-state index contributed by atoms with van der Waals surface area (Å²) in [6.45, 7) is 0.630. The number of carbonyl (C=O) groups excluding carboxylic acids is 2. The van der Waals surface area contributed by atoms with Crippen LogP contribution in [0.2, 0.25) is 0 Å². The molecule has 0 aliphatic carbocycles. The molecule has 1 aliphatic heterocycles. The molecule has 1 saturated heterocycles. The van der Waals surface area contributed by atoms with E-state index in [0.29, 0.717) is 19.5 Å². The van der Waals surface area contributed by atoms with Gasteiger partial charge in [0.05, 0.1) is 12.5 Å². The molecule has 108 valence electrons. The Morgan fingerprint density at radius 1 is 1.63 bits per heavy atom. The van der Waals surface area contributed by atoms with Crippen molar-refractivity contribution in [2.24, 2.45) is 5.73 Å². The summed E-state index contributed by atoms with van der Waals surface area (Å²) in [7, 11) is 0. The quantitative estimate of drug-likeness (QED) is 0.570. The van der Waals surface area contributed by atoms with Gasteiger partial charge < -0.3 is 21.1 Å². The predicted molar refractivity (Wildman–Crippen MR) is 71.7 cm³/mol.